The zero-order valence-electron chi connectivity index (χ0n) is 18.5. The van der Waals surface area contributed by atoms with Crippen LogP contribution in [-0.4, -0.2) is 34.7 Å². The topological polar surface area (TPSA) is 65.4 Å². The van der Waals surface area contributed by atoms with E-state index in [4.69, 9.17) is 4.74 Å². The van der Waals surface area contributed by atoms with Crippen molar-refractivity contribution in [3.8, 4) is 28.4 Å². The maximum absolute atomic E-state index is 12.6. The van der Waals surface area contributed by atoms with Crippen LogP contribution >= 0.6 is 11.8 Å². The highest BCUT2D eigenvalue weighted by Crippen LogP contribution is 2.32. The largest absolute Gasteiger partial charge is 0.573 e. The highest BCUT2D eigenvalue weighted by Gasteiger charge is 2.31. The minimum Gasteiger partial charge on any atom is -0.497 e. The number of para-hydroxylation sites is 1. The van der Waals surface area contributed by atoms with Crippen molar-refractivity contribution in [2.24, 2.45) is 0 Å². The van der Waals surface area contributed by atoms with Gasteiger partial charge in [-0.25, -0.2) is 4.98 Å². The second-order valence-electron chi connectivity index (χ2n) is 7.23. The van der Waals surface area contributed by atoms with Crippen LogP contribution in [0.15, 0.2) is 90.2 Å². The minimum absolute atomic E-state index is 0.0865. The summed E-state index contributed by atoms with van der Waals surface area (Å²) in [5.41, 5.74) is 2.76. The molecule has 0 aliphatic carbocycles. The number of alkyl halides is 3. The van der Waals surface area contributed by atoms with E-state index in [-0.39, 0.29) is 17.4 Å². The van der Waals surface area contributed by atoms with E-state index in [0.29, 0.717) is 28.0 Å². The number of halogens is 3. The standard InChI is InChI=1S/C25H20F3N3O3S/c1-33-20-11-7-17(8-12-20)22-15-29-24(35-16-23(32)30-18-5-3-2-4-6-18)31(22)19-9-13-21(14-10-19)34-25(26,27)28/h2-15H,16H2,1H3,(H,30,32). The van der Waals surface area contributed by atoms with Gasteiger partial charge in [-0.15, -0.1) is 13.2 Å². The number of methoxy groups -OCH3 is 1. The van der Waals surface area contributed by atoms with E-state index < -0.39 is 6.36 Å². The van der Waals surface area contributed by atoms with Gasteiger partial charge >= 0.3 is 6.36 Å². The lowest BCUT2D eigenvalue weighted by molar-refractivity contribution is -0.274. The summed E-state index contributed by atoms with van der Waals surface area (Å²) in [7, 11) is 1.57. The predicted molar refractivity (Wildman–Crippen MR) is 128 cm³/mol. The number of hydrogen-bond donors (Lipinski definition) is 1. The monoisotopic (exact) mass is 499 g/mol. The van der Waals surface area contributed by atoms with E-state index in [2.05, 4.69) is 15.0 Å². The first-order valence-electron chi connectivity index (χ1n) is 10.4. The molecule has 0 aliphatic rings. The van der Waals surface area contributed by atoms with Gasteiger partial charge in [0.05, 0.1) is 24.8 Å². The van der Waals surface area contributed by atoms with Gasteiger partial charge in [0, 0.05) is 16.9 Å². The highest BCUT2D eigenvalue weighted by atomic mass is 32.2. The van der Waals surface area contributed by atoms with Crippen LogP contribution in [0, 0.1) is 0 Å². The summed E-state index contributed by atoms with van der Waals surface area (Å²) in [6.07, 6.45) is -3.13. The van der Waals surface area contributed by atoms with Crippen molar-refractivity contribution in [3.05, 3.63) is 85.1 Å². The molecule has 4 aromatic rings. The van der Waals surface area contributed by atoms with Gasteiger partial charge in [-0.2, -0.15) is 0 Å². The summed E-state index contributed by atoms with van der Waals surface area (Å²) in [6.45, 7) is 0. The van der Waals surface area contributed by atoms with E-state index in [1.54, 1.807) is 42.1 Å². The number of aromatic nitrogens is 2. The van der Waals surface area contributed by atoms with Crippen molar-refractivity contribution < 1.29 is 27.4 Å². The lowest BCUT2D eigenvalue weighted by Crippen LogP contribution is -2.17. The summed E-state index contributed by atoms with van der Waals surface area (Å²) in [6, 6.07) is 21.8. The Bertz CT molecular complexity index is 1280. The van der Waals surface area contributed by atoms with Crippen LogP contribution in [-0.2, 0) is 4.79 Å². The molecule has 4 rings (SSSR count). The van der Waals surface area contributed by atoms with Crippen molar-refractivity contribution in [2.45, 2.75) is 11.5 Å². The van der Waals surface area contributed by atoms with Crippen molar-refractivity contribution in [1.82, 2.24) is 9.55 Å². The summed E-state index contributed by atoms with van der Waals surface area (Å²) >= 11 is 1.21. The van der Waals surface area contributed by atoms with Crippen molar-refractivity contribution in [2.75, 3.05) is 18.2 Å². The lowest BCUT2D eigenvalue weighted by atomic mass is 10.1. The van der Waals surface area contributed by atoms with Gasteiger partial charge in [0.1, 0.15) is 11.5 Å². The van der Waals surface area contributed by atoms with Gasteiger partial charge in [-0.1, -0.05) is 30.0 Å². The molecule has 1 amide bonds. The SMILES string of the molecule is COc1ccc(-c2cnc(SCC(=O)Nc3ccccc3)n2-c2ccc(OC(F)(F)F)cc2)cc1. The van der Waals surface area contributed by atoms with E-state index in [9.17, 15) is 18.0 Å². The third-order valence-electron chi connectivity index (χ3n) is 4.83. The van der Waals surface area contributed by atoms with Gasteiger partial charge in [-0.05, 0) is 60.7 Å². The van der Waals surface area contributed by atoms with Gasteiger partial charge in [0.2, 0.25) is 5.91 Å². The molecule has 0 saturated heterocycles. The van der Waals surface area contributed by atoms with Gasteiger partial charge in [0.25, 0.3) is 0 Å². The Labute approximate surface area is 203 Å². The van der Waals surface area contributed by atoms with Crippen LogP contribution in [0.2, 0.25) is 0 Å². The Morgan fingerprint density at radius 2 is 1.63 bits per heavy atom. The van der Waals surface area contributed by atoms with Crippen LogP contribution in [0.4, 0.5) is 18.9 Å². The third-order valence-corrected chi connectivity index (χ3v) is 5.79. The predicted octanol–water partition coefficient (Wildman–Crippen LogP) is 6.18. The average molecular weight is 500 g/mol. The van der Waals surface area contributed by atoms with E-state index in [0.717, 1.165) is 5.56 Å². The highest BCUT2D eigenvalue weighted by molar-refractivity contribution is 7.99. The molecule has 0 radical (unpaired) electrons. The fourth-order valence-electron chi connectivity index (χ4n) is 3.30. The average Bonchev–Trinajstić information content (AvgIpc) is 3.27. The molecule has 0 atom stereocenters. The Hall–Kier alpha value is -3.92. The Morgan fingerprint density at radius 3 is 2.26 bits per heavy atom. The summed E-state index contributed by atoms with van der Waals surface area (Å²) in [5, 5.41) is 3.32. The Balaban J connectivity index is 1.62. The molecule has 35 heavy (non-hydrogen) atoms. The van der Waals surface area contributed by atoms with Crippen molar-refractivity contribution in [3.63, 3.8) is 0 Å². The van der Waals surface area contributed by atoms with Crippen molar-refractivity contribution in [1.29, 1.82) is 0 Å². The molecule has 0 unspecified atom stereocenters. The molecular formula is C25H20F3N3O3S. The molecule has 0 aliphatic heterocycles. The number of anilines is 1. The number of rotatable bonds is 8. The van der Waals surface area contributed by atoms with Crippen LogP contribution in [0.5, 0.6) is 11.5 Å². The van der Waals surface area contributed by atoms with Gasteiger partial charge in [-0.3, -0.25) is 9.36 Å². The second kappa shape index (κ2) is 10.6. The number of hydrogen-bond acceptors (Lipinski definition) is 5. The number of amides is 1. The first-order valence-corrected chi connectivity index (χ1v) is 11.4. The first-order chi connectivity index (χ1) is 16.8. The number of benzene rings is 3. The van der Waals surface area contributed by atoms with Gasteiger partial charge in [0.15, 0.2) is 5.16 Å². The summed E-state index contributed by atoms with van der Waals surface area (Å²) in [4.78, 5) is 16.9. The van der Waals surface area contributed by atoms with E-state index in [1.807, 2.05) is 30.3 Å². The van der Waals surface area contributed by atoms with Crippen LogP contribution in [0.25, 0.3) is 16.9 Å². The lowest BCUT2D eigenvalue weighted by Gasteiger charge is -2.14. The maximum Gasteiger partial charge on any atom is 0.573 e. The minimum atomic E-state index is -4.78. The first kappa shape index (κ1) is 24.2. The molecule has 1 heterocycles. The fraction of sp³-hybridized carbons (Fsp3) is 0.120. The fourth-order valence-corrected chi connectivity index (χ4v) is 4.09. The molecule has 0 fully saturated rings. The number of carbonyl (C=O) groups excluding carboxylic acids is 1. The number of imidazole rings is 1. The smallest absolute Gasteiger partial charge is 0.497 e. The summed E-state index contributed by atoms with van der Waals surface area (Å²) < 4.78 is 48.7. The Morgan fingerprint density at radius 1 is 0.971 bits per heavy atom. The number of nitrogens with zero attached hydrogens (tertiary/aromatic N) is 2. The van der Waals surface area contributed by atoms with E-state index in [1.165, 1.54) is 36.0 Å². The van der Waals surface area contributed by atoms with Crippen LogP contribution in [0.1, 0.15) is 0 Å². The Kier molecular flexibility index (Phi) is 7.31. The normalized spacial score (nSPS) is 11.2. The maximum atomic E-state index is 12.6. The zero-order valence-corrected chi connectivity index (χ0v) is 19.3. The zero-order chi connectivity index (χ0) is 24.8. The molecule has 0 saturated carbocycles. The third kappa shape index (κ3) is 6.36. The number of thioether (sulfide) groups is 1. The molecule has 3 aromatic carbocycles. The number of nitrogens with one attached hydrogen (secondary N) is 1. The van der Waals surface area contributed by atoms with Gasteiger partial charge < -0.3 is 14.8 Å². The molecule has 1 aromatic heterocycles. The number of ether oxygens (including phenoxy) is 2. The molecule has 10 heteroatoms. The van der Waals surface area contributed by atoms with Crippen molar-refractivity contribution >= 4 is 23.4 Å². The van der Waals surface area contributed by atoms with Crippen LogP contribution in [0.3, 0.4) is 0 Å². The quantitative estimate of drug-likeness (QED) is 0.294. The van der Waals surface area contributed by atoms with E-state index >= 15 is 0 Å². The molecule has 1 N–H and O–H groups in total. The molecule has 6 nitrogen and oxygen atoms in total. The molecule has 0 bridgehead atoms. The van der Waals surface area contributed by atoms with Crippen LogP contribution < -0.4 is 14.8 Å². The molecule has 180 valence electrons. The second-order valence-corrected chi connectivity index (χ2v) is 8.18. The summed E-state index contributed by atoms with van der Waals surface area (Å²) in [5.74, 6) is 0.226. The molecular weight excluding hydrogens is 479 g/mol. The number of carbonyl (C=O) groups is 1. The molecule has 0 spiro atoms.